The molecule has 2 heterocycles. The first-order valence-corrected chi connectivity index (χ1v) is 7.69. The number of nitrogens with one attached hydrogen (secondary N) is 1. The van der Waals surface area contributed by atoms with E-state index in [4.69, 9.17) is 9.47 Å². The molecule has 0 bridgehead atoms. The van der Waals surface area contributed by atoms with Gasteiger partial charge in [-0.05, 0) is 38.2 Å². The summed E-state index contributed by atoms with van der Waals surface area (Å²) < 4.78 is 13.4. The van der Waals surface area contributed by atoms with Crippen molar-refractivity contribution in [1.82, 2.24) is 14.7 Å². The summed E-state index contributed by atoms with van der Waals surface area (Å²) in [7, 11) is 1.91. The molecule has 0 atom stereocenters. The molecule has 0 radical (unpaired) electrons. The Bertz CT molecular complexity index is 718. The smallest absolute Gasteiger partial charge is 0.243 e. The van der Waals surface area contributed by atoms with E-state index < -0.39 is 0 Å². The highest BCUT2D eigenvalue weighted by Gasteiger charge is 2.14. The van der Waals surface area contributed by atoms with Crippen molar-refractivity contribution < 1.29 is 9.47 Å². The SMILES string of the molecule is CCOc1ccc(Oc2nc3sccn3c2CNC)cc1. The maximum Gasteiger partial charge on any atom is 0.243 e. The molecule has 3 aromatic rings. The molecule has 0 spiro atoms. The molecule has 0 amide bonds. The topological polar surface area (TPSA) is 47.8 Å². The molecule has 1 N–H and O–H groups in total. The number of aromatic nitrogens is 2. The second-order valence-electron chi connectivity index (χ2n) is 4.46. The molecule has 6 heteroatoms. The first-order valence-electron chi connectivity index (χ1n) is 6.81. The van der Waals surface area contributed by atoms with Crippen molar-refractivity contribution in [2.24, 2.45) is 0 Å². The fourth-order valence-corrected chi connectivity index (χ4v) is 2.83. The van der Waals surface area contributed by atoms with Crippen LogP contribution in [-0.2, 0) is 6.54 Å². The Morgan fingerprint density at radius 1 is 1.24 bits per heavy atom. The second-order valence-corrected chi connectivity index (χ2v) is 5.33. The third kappa shape index (κ3) is 2.86. The molecule has 1 aromatic carbocycles. The Morgan fingerprint density at radius 2 is 2.00 bits per heavy atom. The van der Waals surface area contributed by atoms with Crippen LogP contribution in [0.1, 0.15) is 12.6 Å². The summed E-state index contributed by atoms with van der Waals surface area (Å²) in [4.78, 5) is 5.46. The number of ether oxygens (including phenoxy) is 2. The number of fused-ring (bicyclic) bond motifs is 1. The molecule has 0 saturated heterocycles. The highest BCUT2D eigenvalue weighted by atomic mass is 32.1. The first kappa shape index (κ1) is 13.9. The average Bonchev–Trinajstić information content (AvgIpc) is 3.05. The lowest BCUT2D eigenvalue weighted by atomic mass is 10.3. The maximum absolute atomic E-state index is 5.92. The van der Waals surface area contributed by atoms with Gasteiger partial charge in [-0.1, -0.05) is 0 Å². The summed E-state index contributed by atoms with van der Waals surface area (Å²) in [5.74, 6) is 2.23. The molecule has 5 nitrogen and oxygen atoms in total. The van der Waals surface area contributed by atoms with Crippen molar-refractivity contribution in [2.45, 2.75) is 13.5 Å². The first-order chi connectivity index (χ1) is 10.3. The van der Waals surface area contributed by atoms with Crippen LogP contribution in [0.3, 0.4) is 0 Å². The normalized spacial score (nSPS) is 11.0. The zero-order valence-electron chi connectivity index (χ0n) is 12.0. The Kier molecular flexibility index (Phi) is 4.08. The lowest BCUT2D eigenvalue weighted by Gasteiger charge is -2.07. The van der Waals surface area contributed by atoms with Gasteiger partial charge in [0.1, 0.15) is 17.2 Å². The fraction of sp³-hybridized carbons (Fsp3) is 0.267. The lowest BCUT2D eigenvalue weighted by molar-refractivity contribution is 0.339. The van der Waals surface area contributed by atoms with E-state index in [2.05, 4.69) is 10.3 Å². The van der Waals surface area contributed by atoms with Crippen LogP contribution in [0.5, 0.6) is 17.4 Å². The summed E-state index contributed by atoms with van der Waals surface area (Å²) in [6.07, 6.45) is 2.00. The van der Waals surface area contributed by atoms with Crippen molar-refractivity contribution >= 4 is 16.3 Å². The summed E-state index contributed by atoms with van der Waals surface area (Å²) in [6.45, 7) is 3.32. The van der Waals surface area contributed by atoms with E-state index in [0.29, 0.717) is 19.0 Å². The molecule has 2 aromatic heterocycles. The predicted molar refractivity (Wildman–Crippen MR) is 83.5 cm³/mol. The second kappa shape index (κ2) is 6.15. The van der Waals surface area contributed by atoms with Crippen LogP contribution in [0, 0.1) is 0 Å². The van der Waals surface area contributed by atoms with Gasteiger partial charge < -0.3 is 14.8 Å². The Morgan fingerprint density at radius 3 is 2.71 bits per heavy atom. The van der Waals surface area contributed by atoms with Crippen molar-refractivity contribution in [2.75, 3.05) is 13.7 Å². The minimum Gasteiger partial charge on any atom is -0.494 e. The summed E-state index contributed by atoms with van der Waals surface area (Å²) in [5.41, 5.74) is 1.02. The highest BCUT2D eigenvalue weighted by molar-refractivity contribution is 7.15. The van der Waals surface area contributed by atoms with Gasteiger partial charge in [0.05, 0.1) is 6.61 Å². The monoisotopic (exact) mass is 303 g/mol. The number of imidazole rings is 1. The van der Waals surface area contributed by atoms with Gasteiger partial charge in [-0.25, -0.2) is 0 Å². The molecule has 0 aliphatic carbocycles. The number of hydrogen-bond acceptors (Lipinski definition) is 5. The molecule has 21 heavy (non-hydrogen) atoms. The van der Waals surface area contributed by atoms with E-state index in [1.54, 1.807) is 11.3 Å². The van der Waals surface area contributed by atoms with Gasteiger partial charge in [0.2, 0.25) is 5.88 Å². The van der Waals surface area contributed by atoms with E-state index >= 15 is 0 Å². The van der Waals surface area contributed by atoms with Crippen molar-refractivity contribution in [3.8, 4) is 17.4 Å². The number of thiazole rings is 1. The van der Waals surface area contributed by atoms with Crippen LogP contribution >= 0.6 is 11.3 Å². The highest BCUT2D eigenvalue weighted by Crippen LogP contribution is 2.28. The molecule has 0 unspecified atom stereocenters. The lowest BCUT2D eigenvalue weighted by Crippen LogP contribution is -2.08. The van der Waals surface area contributed by atoms with E-state index in [0.717, 1.165) is 22.2 Å². The molecule has 3 rings (SSSR count). The van der Waals surface area contributed by atoms with Crippen LogP contribution in [0.2, 0.25) is 0 Å². The molecule has 0 aliphatic rings. The van der Waals surface area contributed by atoms with Gasteiger partial charge >= 0.3 is 0 Å². The van der Waals surface area contributed by atoms with Gasteiger partial charge in [0.15, 0.2) is 4.96 Å². The summed E-state index contributed by atoms with van der Waals surface area (Å²) in [6, 6.07) is 7.58. The predicted octanol–water partition coefficient (Wildman–Crippen LogP) is 3.31. The van der Waals surface area contributed by atoms with Gasteiger partial charge in [0.25, 0.3) is 0 Å². The van der Waals surface area contributed by atoms with Gasteiger partial charge in [-0.2, -0.15) is 4.98 Å². The molecular formula is C15H17N3O2S. The van der Waals surface area contributed by atoms with Crippen LogP contribution in [0.4, 0.5) is 0 Å². The Labute approximate surface area is 127 Å². The minimum absolute atomic E-state index is 0.639. The zero-order valence-corrected chi connectivity index (χ0v) is 12.8. The van der Waals surface area contributed by atoms with Crippen LogP contribution in [0.15, 0.2) is 35.8 Å². The standard InChI is InChI=1S/C15H17N3O2S/c1-3-19-11-4-6-12(7-5-11)20-14-13(10-16-2)18-8-9-21-15(18)17-14/h4-9,16H,3,10H2,1-2H3. The van der Waals surface area contributed by atoms with E-state index in [1.807, 2.05) is 54.2 Å². The Balaban J connectivity index is 1.86. The number of rotatable bonds is 6. The number of benzene rings is 1. The largest absolute Gasteiger partial charge is 0.494 e. The van der Waals surface area contributed by atoms with Gasteiger partial charge in [0, 0.05) is 18.1 Å². The minimum atomic E-state index is 0.639. The third-order valence-corrected chi connectivity index (χ3v) is 3.77. The van der Waals surface area contributed by atoms with Gasteiger partial charge in [-0.3, -0.25) is 4.40 Å². The number of hydrogen-bond donors (Lipinski definition) is 1. The van der Waals surface area contributed by atoms with Crippen LogP contribution in [0.25, 0.3) is 4.96 Å². The van der Waals surface area contributed by atoms with E-state index in [9.17, 15) is 0 Å². The van der Waals surface area contributed by atoms with Crippen molar-refractivity contribution in [3.05, 3.63) is 41.5 Å². The molecule has 0 saturated carbocycles. The molecule has 0 fully saturated rings. The zero-order chi connectivity index (χ0) is 14.7. The molecule has 110 valence electrons. The van der Waals surface area contributed by atoms with Crippen molar-refractivity contribution in [1.29, 1.82) is 0 Å². The van der Waals surface area contributed by atoms with Crippen LogP contribution in [-0.4, -0.2) is 23.0 Å². The van der Waals surface area contributed by atoms with Crippen molar-refractivity contribution in [3.63, 3.8) is 0 Å². The summed E-state index contributed by atoms with van der Waals surface area (Å²) >= 11 is 1.59. The quantitative estimate of drug-likeness (QED) is 0.759. The van der Waals surface area contributed by atoms with E-state index in [-0.39, 0.29) is 0 Å². The molecular weight excluding hydrogens is 286 g/mol. The summed E-state index contributed by atoms with van der Waals surface area (Å²) in [5, 5.41) is 5.16. The fourth-order valence-electron chi connectivity index (χ4n) is 2.10. The van der Waals surface area contributed by atoms with Crippen LogP contribution < -0.4 is 14.8 Å². The average molecular weight is 303 g/mol. The third-order valence-electron chi connectivity index (χ3n) is 3.02. The Hall–Kier alpha value is -2.05. The maximum atomic E-state index is 5.92. The number of nitrogens with zero attached hydrogens (tertiary/aromatic N) is 2. The molecule has 0 aliphatic heterocycles. The van der Waals surface area contributed by atoms with E-state index in [1.165, 1.54) is 0 Å². The van der Waals surface area contributed by atoms with Gasteiger partial charge in [-0.15, -0.1) is 11.3 Å².